The highest BCUT2D eigenvalue weighted by molar-refractivity contribution is 6.33. The van der Waals surface area contributed by atoms with E-state index < -0.39 is 5.60 Å². The Labute approximate surface area is 144 Å². The van der Waals surface area contributed by atoms with E-state index in [2.05, 4.69) is 26.0 Å². The zero-order chi connectivity index (χ0) is 16.4. The summed E-state index contributed by atoms with van der Waals surface area (Å²) in [6, 6.07) is 16.1. The highest BCUT2D eigenvalue weighted by Gasteiger charge is 2.46. The van der Waals surface area contributed by atoms with Crippen molar-refractivity contribution in [2.24, 2.45) is 11.8 Å². The van der Waals surface area contributed by atoms with E-state index in [1.54, 1.807) is 0 Å². The number of rotatable bonds is 4. The van der Waals surface area contributed by atoms with Crippen LogP contribution < -0.4 is 0 Å². The van der Waals surface area contributed by atoms with Gasteiger partial charge in [0.1, 0.15) is 0 Å². The van der Waals surface area contributed by atoms with Gasteiger partial charge in [-0.2, -0.15) is 0 Å². The minimum absolute atomic E-state index is 0.325. The molecule has 0 spiro atoms. The molecule has 2 heteroatoms. The molecule has 0 heterocycles. The molecule has 3 atom stereocenters. The minimum Gasteiger partial charge on any atom is -0.385 e. The second-order valence-corrected chi connectivity index (χ2v) is 7.39. The quantitative estimate of drug-likeness (QED) is 0.725. The molecule has 2 aromatic carbocycles. The van der Waals surface area contributed by atoms with Gasteiger partial charge in [-0.05, 0) is 48.3 Å². The second kappa shape index (κ2) is 6.67. The first-order chi connectivity index (χ1) is 11.1. The third-order valence-corrected chi connectivity index (χ3v) is 5.55. The Hall–Kier alpha value is -1.31. The van der Waals surface area contributed by atoms with Crippen molar-refractivity contribution in [1.82, 2.24) is 0 Å². The van der Waals surface area contributed by atoms with Crippen molar-refractivity contribution >= 4 is 11.6 Å². The van der Waals surface area contributed by atoms with E-state index in [9.17, 15) is 5.11 Å². The highest BCUT2D eigenvalue weighted by atomic mass is 35.5. The fourth-order valence-electron chi connectivity index (χ4n) is 4.27. The normalized spacial score (nSPS) is 27.3. The van der Waals surface area contributed by atoms with Crippen LogP contribution in [0.15, 0.2) is 48.5 Å². The molecule has 0 radical (unpaired) electrons. The molecule has 0 saturated heterocycles. The molecule has 3 unspecified atom stereocenters. The van der Waals surface area contributed by atoms with Crippen molar-refractivity contribution in [2.75, 3.05) is 0 Å². The average Bonchev–Trinajstić information content (AvgIpc) is 2.83. The first kappa shape index (κ1) is 16.5. The smallest absolute Gasteiger partial charge is 0.0933 e. The van der Waals surface area contributed by atoms with Gasteiger partial charge in [0, 0.05) is 10.6 Å². The van der Waals surface area contributed by atoms with E-state index >= 15 is 0 Å². The standard InChI is InChI=1S/C21H25ClO/c1-3-8-16-13-15(2)14-21(16,23)19-11-6-4-9-17(19)18-10-5-7-12-20(18)22/h4-7,9-12,15-16,23H,3,8,13-14H2,1-2H3. The summed E-state index contributed by atoms with van der Waals surface area (Å²) >= 11 is 6.43. The topological polar surface area (TPSA) is 20.2 Å². The van der Waals surface area contributed by atoms with Crippen LogP contribution in [0.3, 0.4) is 0 Å². The van der Waals surface area contributed by atoms with Crippen LogP contribution in [-0.4, -0.2) is 5.11 Å². The van der Waals surface area contributed by atoms with Gasteiger partial charge < -0.3 is 5.11 Å². The van der Waals surface area contributed by atoms with Gasteiger partial charge in [-0.1, -0.05) is 74.3 Å². The van der Waals surface area contributed by atoms with Crippen LogP contribution in [0.1, 0.15) is 45.1 Å². The summed E-state index contributed by atoms with van der Waals surface area (Å²) in [6.45, 7) is 4.45. The lowest BCUT2D eigenvalue weighted by atomic mass is 9.78. The summed E-state index contributed by atoms with van der Waals surface area (Å²) in [6.07, 6.45) is 4.10. The Morgan fingerprint density at radius 2 is 1.74 bits per heavy atom. The highest BCUT2D eigenvalue weighted by Crippen LogP contribution is 2.51. The van der Waals surface area contributed by atoms with Crippen molar-refractivity contribution in [3.63, 3.8) is 0 Å². The van der Waals surface area contributed by atoms with Crippen LogP contribution in [0.5, 0.6) is 0 Å². The molecule has 1 aliphatic rings. The van der Waals surface area contributed by atoms with Crippen LogP contribution >= 0.6 is 11.6 Å². The summed E-state index contributed by atoms with van der Waals surface area (Å²) in [5.74, 6) is 0.877. The third kappa shape index (κ3) is 3.05. The van der Waals surface area contributed by atoms with Crippen LogP contribution in [0.4, 0.5) is 0 Å². The molecule has 1 N–H and O–H groups in total. The molecule has 122 valence electrons. The largest absolute Gasteiger partial charge is 0.385 e. The monoisotopic (exact) mass is 328 g/mol. The van der Waals surface area contributed by atoms with Gasteiger partial charge in [0.25, 0.3) is 0 Å². The van der Waals surface area contributed by atoms with Crippen LogP contribution in [0.2, 0.25) is 5.02 Å². The maximum atomic E-state index is 11.6. The molecule has 3 rings (SSSR count). The van der Waals surface area contributed by atoms with Crippen LogP contribution in [0, 0.1) is 11.8 Å². The molecular weight excluding hydrogens is 304 g/mol. The van der Waals surface area contributed by atoms with E-state index in [4.69, 9.17) is 11.6 Å². The van der Waals surface area contributed by atoms with Gasteiger partial charge in [-0.25, -0.2) is 0 Å². The van der Waals surface area contributed by atoms with Gasteiger partial charge >= 0.3 is 0 Å². The van der Waals surface area contributed by atoms with E-state index in [0.29, 0.717) is 11.8 Å². The van der Waals surface area contributed by atoms with Crippen molar-refractivity contribution < 1.29 is 5.11 Å². The fraction of sp³-hybridized carbons (Fsp3) is 0.429. The molecule has 1 fully saturated rings. The molecule has 0 amide bonds. The number of halogens is 1. The summed E-state index contributed by atoms with van der Waals surface area (Å²) in [5, 5.41) is 12.4. The van der Waals surface area contributed by atoms with Gasteiger partial charge in [0.2, 0.25) is 0 Å². The van der Waals surface area contributed by atoms with Crippen molar-refractivity contribution in [3.05, 3.63) is 59.1 Å². The maximum Gasteiger partial charge on any atom is 0.0933 e. The zero-order valence-corrected chi connectivity index (χ0v) is 14.7. The molecular formula is C21H25ClO. The molecule has 23 heavy (non-hydrogen) atoms. The van der Waals surface area contributed by atoms with Gasteiger partial charge in [-0.15, -0.1) is 0 Å². The minimum atomic E-state index is -0.745. The third-order valence-electron chi connectivity index (χ3n) is 5.22. The molecule has 1 saturated carbocycles. The lowest BCUT2D eigenvalue weighted by Gasteiger charge is -2.33. The van der Waals surface area contributed by atoms with E-state index in [1.807, 2.05) is 36.4 Å². The van der Waals surface area contributed by atoms with Crippen LogP contribution in [-0.2, 0) is 5.60 Å². The summed E-state index contributed by atoms with van der Waals surface area (Å²) < 4.78 is 0. The average molecular weight is 329 g/mol. The molecule has 0 bridgehead atoms. The molecule has 0 aliphatic heterocycles. The van der Waals surface area contributed by atoms with E-state index in [0.717, 1.165) is 47.4 Å². The van der Waals surface area contributed by atoms with Gasteiger partial charge in [0.05, 0.1) is 5.60 Å². The summed E-state index contributed by atoms with van der Waals surface area (Å²) in [4.78, 5) is 0. The Morgan fingerprint density at radius 1 is 1.09 bits per heavy atom. The molecule has 1 aliphatic carbocycles. The lowest BCUT2D eigenvalue weighted by Crippen LogP contribution is -2.31. The zero-order valence-electron chi connectivity index (χ0n) is 13.9. The van der Waals surface area contributed by atoms with Crippen molar-refractivity contribution in [1.29, 1.82) is 0 Å². The van der Waals surface area contributed by atoms with Gasteiger partial charge in [-0.3, -0.25) is 0 Å². The summed E-state index contributed by atoms with van der Waals surface area (Å²) in [5.41, 5.74) is 2.37. The van der Waals surface area contributed by atoms with Crippen molar-refractivity contribution in [3.8, 4) is 11.1 Å². The predicted molar refractivity (Wildman–Crippen MR) is 97.6 cm³/mol. The Bertz CT molecular complexity index is 681. The Kier molecular flexibility index (Phi) is 4.79. The number of aliphatic hydroxyl groups is 1. The van der Waals surface area contributed by atoms with Crippen LogP contribution in [0.25, 0.3) is 11.1 Å². The number of benzene rings is 2. The van der Waals surface area contributed by atoms with E-state index in [-0.39, 0.29) is 0 Å². The maximum absolute atomic E-state index is 11.6. The fourth-order valence-corrected chi connectivity index (χ4v) is 4.51. The number of hydrogen-bond acceptors (Lipinski definition) is 1. The Balaban J connectivity index is 2.12. The molecule has 0 aromatic heterocycles. The van der Waals surface area contributed by atoms with E-state index in [1.165, 1.54) is 0 Å². The first-order valence-corrected chi connectivity index (χ1v) is 9.00. The lowest BCUT2D eigenvalue weighted by molar-refractivity contribution is -0.00689. The Morgan fingerprint density at radius 3 is 2.43 bits per heavy atom. The second-order valence-electron chi connectivity index (χ2n) is 6.98. The summed E-state index contributed by atoms with van der Waals surface area (Å²) in [7, 11) is 0. The molecule has 1 nitrogen and oxygen atoms in total. The van der Waals surface area contributed by atoms with Gasteiger partial charge in [0.15, 0.2) is 0 Å². The number of hydrogen-bond donors (Lipinski definition) is 1. The first-order valence-electron chi connectivity index (χ1n) is 8.63. The SMILES string of the molecule is CCCC1CC(C)CC1(O)c1ccccc1-c1ccccc1Cl. The van der Waals surface area contributed by atoms with Crippen molar-refractivity contribution in [2.45, 2.75) is 45.1 Å². The predicted octanol–water partition coefficient (Wildman–Crippen LogP) is 6.04. The molecule has 2 aromatic rings.